The maximum Gasteiger partial charge on any atom is 0.311 e. The summed E-state index contributed by atoms with van der Waals surface area (Å²) in [6.45, 7) is 14.7. The first-order valence-corrected chi connectivity index (χ1v) is 12.8. The third-order valence-corrected chi connectivity index (χ3v) is 7.30. The Morgan fingerprint density at radius 1 is 1.11 bits per heavy atom. The number of fused-ring (bicyclic) bond motifs is 1. The molecule has 0 radical (unpaired) electrons. The molecule has 1 aliphatic heterocycles. The fraction of sp³-hybridized carbons (Fsp3) is 0.692. The number of likely N-dealkylation sites (tertiary alicyclic amines) is 1. The third kappa shape index (κ3) is 5.14. The second kappa shape index (κ2) is 9.21. The largest absolute Gasteiger partial charge is 0.481 e. The van der Waals surface area contributed by atoms with Gasteiger partial charge in [0.1, 0.15) is 29.2 Å². The Balaban J connectivity index is 1.55. The Kier molecular flexibility index (Phi) is 6.70. The second-order valence-electron chi connectivity index (χ2n) is 12.5. The lowest BCUT2D eigenvalue weighted by molar-refractivity contribution is -0.157. The zero-order valence-corrected chi connectivity index (χ0v) is 22.4. The van der Waals surface area contributed by atoms with Gasteiger partial charge in [-0.25, -0.2) is 19.9 Å². The minimum absolute atomic E-state index is 0.0911. The molecule has 1 saturated heterocycles. The molecule has 1 saturated carbocycles. The summed E-state index contributed by atoms with van der Waals surface area (Å²) < 4.78 is 0. The van der Waals surface area contributed by atoms with Crippen molar-refractivity contribution >= 4 is 28.7 Å². The molecule has 3 heterocycles. The van der Waals surface area contributed by atoms with E-state index in [4.69, 9.17) is 4.98 Å². The van der Waals surface area contributed by atoms with Crippen LogP contribution < -0.4 is 10.6 Å². The molecule has 0 spiro atoms. The number of aromatic nitrogens is 4. The van der Waals surface area contributed by atoms with E-state index in [0.29, 0.717) is 48.5 Å². The van der Waals surface area contributed by atoms with E-state index < -0.39 is 17.4 Å². The van der Waals surface area contributed by atoms with Gasteiger partial charge in [0.25, 0.3) is 0 Å². The summed E-state index contributed by atoms with van der Waals surface area (Å²) in [4.78, 5) is 45.6. The van der Waals surface area contributed by atoms with Crippen molar-refractivity contribution in [1.82, 2.24) is 30.2 Å². The number of anilines is 1. The number of carboxylic acid groups (broad SMARTS) is 1. The number of carbonyl (C=O) groups excluding carboxylic acids is 1. The Morgan fingerprint density at radius 2 is 1.83 bits per heavy atom. The number of carboxylic acids is 1. The average Bonchev–Trinajstić information content (AvgIpc) is 3.12. The normalized spacial score (nSPS) is 27.5. The molecule has 4 rings (SSSR count). The molecule has 0 bridgehead atoms. The zero-order valence-electron chi connectivity index (χ0n) is 22.4. The van der Waals surface area contributed by atoms with E-state index in [1.165, 1.54) is 6.33 Å². The summed E-state index contributed by atoms with van der Waals surface area (Å²) in [7, 11) is 0. The molecule has 196 valence electrons. The molecule has 10 nitrogen and oxygen atoms in total. The Hall–Kier alpha value is -2.88. The molecule has 0 aromatic carbocycles. The fourth-order valence-electron chi connectivity index (χ4n) is 5.52. The lowest BCUT2D eigenvalue weighted by Crippen LogP contribution is -2.59. The molecule has 2 fully saturated rings. The Bertz CT molecular complexity index is 1160. The number of aliphatic carboxylic acids is 1. The van der Waals surface area contributed by atoms with Crippen LogP contribution in [0.15, 0.2) is 12.5 Å². The monoisotopic (exact) mass is 497 g/mol. The SMILES string of the molecule is CC(C)(C)N[C@@H]1CC[C@H](N2CCC(Nc3ncnc4cnc(C(C)(C)C)nc34)C2=O)[C@](C)(C(=O)O)C1. The predicted molar refractivity (Wildman–Crippen MR) is 138 cm³/mol. The summed E-state index contributed by atoms with van der Waals surface area (Å²) in [5.41, 5.74) is -0.198. The molecule has 2 aromatic heterocycles. The Morgan fingerprint density at radius 3 is 2.47 bits per heavy atom. The minimum atomic E-state index is -1.03. The maximum atomic E-state index is 13.6. The summed E-state index contributed by atoms with van der Waals surface area (Å²) in [6.07, 6.45) is 5.64. The number of hydrogen-bond acceptors (Lipinski definition) is 8. The molecule has 2 aromatic rings. The maximum absolute atomic E-state index is 13.6. The van der Waals surface area contributed by atoms with Gasteiger partial charge in [0.2, 0.25) is 5.91 Å². The van der Waals surface area contributed by atoms with Gasteiger partial charge in [-0.05, 0) is 53.4 Å². The van der Waals surface area contributed by atoms with Crippen LogP contribution in [0.2, 0.25) is 0 Å². The fourth-order valence-corrected chi connectivity index (χ4v) is 5.52. The molecule has 1 amide bonds. The van der Waals surface area contributed by atoms with Gasteiger partial charge in [0.15, 0.2) is 5.82 Å². The zero-order chi connectivity index (χ0) is 26.5. The van der Waals surface area contributed by atoms with E-state index in [0.717, 1.165) is 6.42 Å². The molecule has 1 unspecified atom stereocenters. The molecule has 36 heavy (non-hydrogen) atoms. The van der Waals surface area contributed by atoms with E-state index in [-0.39, 0.29) is 28.9 Å². The van der Waals surface area contributed by atoms with Gasteiger partial charge in [-0.1, -0.05) is 20.8 Å². The smallest absolute Gasteiger partial charge is 0.311 e. The van der Waals surface area contributed by atoms with Crippen LogP contribution in [-0.4, -0.2) is 72.0 Å². The molecular formula is C26H39N7O3. The minimum Gasteiger partial charge on any atom is -0.481 e. The van der Waals surface area contributed by atoms with Crippen LogP contribution in [-0.2, 0) is 15.0 Å². The van der Waals surface area contributed by atoms with Crippen molar-refractivity contribution in [3.05, 3.63) is 18.3 Å². The number of carbonyl (C=O) groups is 2. The van der Waals surface area contributed by atoms with E-state index in [1.807, 2.05) is 20.8 Å². The lowest BCUT2D eigenvalue weighted by Gasteiger charge is -2.47. The first-order chi connectivity index (χ1) is 16.7. The van der Waals surface area contributed by atoms with E-state index in [2.05, 4.69) is 46.4 Å². The van der Waals surface area contributed by atoms with Crippen molar-refractivity contribution in [1.29, 1.82) is 0 Å². The van der Waals surface area contributed by atoms with Gasteiger partial charge in [-0.3, -0.25) is 9.59 Å². The van der Waals surface area contributed by atoms with Crippen LogP contribution in [0.4, 0.5) is 5.82 Å². The van der Waals surface area contributed by atoms with Crippen LogP contribution in [0.1, 0.15) is 80.0 Å². The van der Waals surface area contributed by atoms with Crippen LogP contribution in [0.3, 0.4) is 0 Å². The second-order valence-corrected chi connectivity index (χ2v) is 12.5. The first kappa shape index (κ1) is 26.2. The summed E-state index contributed by atoms with van der Waals surface area (Å²) in [6, 6.07) is -0.762. The topological polar surface area (TPSA) is 133 Å². The van der Waals surface area contributed by atoms with Gasteiger partial charge < -0.3 is 20.6 Å². The van der Waals surface area contributed by atoms with Gasteiger partial charge in [0.05, 0.1) is 11.6 Å². The number of amides is 1. The highest BCUT2D eigenvalue weighted by Gasteiger charge is 2.52. The number of hydrogen-bond donors (Lipinski definition) is 3. The molecule has 4 atom stereocenters. The highest BCUT2D eigenvalue weighted by Crippen LogP contribution is 2.42. The van der Waals surface area contributed by atoms with Gasteiger partial charge in [0, 0.05) is 29.6 Å². The van der Waals surface area contributed by atoms with Crippen molar-refractivity contribution in [2.24, 2.45) is 5.41 Å². The molecule has 10 heteroatoms. The predicted octanol–water partition coefficient (Wildman–Crippen LogP) is 3.13. The van der Waals surface area contributed by atoms with Crippen LogP contribution in [0.25, 0.3) is 11.0 Å². The summed E-state index contributed by atoms with van der Waals surface area (Å²) >= 11 is 0. The highest BCUT2D eigenvalue weighted by atomic mass is 16.4. The standard InChI is InChI=1S/C26H39N7O3/c1-24(2,3)22-27-13-17-19(31-22)20(29-14-28-17)30-16-10-11-33(21(16)34)18-9-8-15(32-25(4,5)6)12-26(18,7)23(35)36/h13-16,18,32H,8-12H2,1-7H3,(H,35,36)(H,28,29,30)/t15-,16?,18+,26-/m1/s1. The highest BCUT2D eigenvalue weighted by molar-refractivity contribution is 5.91. The number of nitrogens with zero attached hydrogens (tertiary/aromatic N) is 5. The quantitative estimate of drug-likeness (QED) is 0.570. The third-order valence-electron chi connectivity index (χ3n) is 7.30. The number of nitrogens with one attached hydrogen (secondary N) is 2. The first-order valence-electron chi connectivity index (χ1n) is 12.8. The van der Waals surface area contributed by atoms with E-state index >= 15 is 0 Å². The molecule has 2 aliphatic rings. The molecule has 3 N–H and O–H groups in total. The van der Waals surface area contributed by atoms with Crippen LogP contribution in [0, 0.1) is 5.41 Å². The van der Waals surface area contributed by atoms with Gasteiger partial charge in [-0.15, -0.1) is 0 Å². The van der Waals surface area contributed by atoms with E-state index in [9.17, 15) is 14.7 Å². The van der Waals surface area contributed by atoms with Gasteiger partial charge >= 0.3 is 5.97 Å². The summed E-state index contributed by atoms with van der Waals surface area (Å²) in [5.74, 6) is 0.217. The Labute approximate surface area is 212 Å². The van der Waals surface area contributed by atoms with Crippen LogP contribution in [0.5, 0.6) is 0 Å². The van der Waals surface area contributed by atoms with Crippen molar-refractivity contribution in [2.75, 3.05) is 11.9 Å². The van der Waals surface area contributed by atoms with Crippen molar-refractivity contribution in [3.63, 3.8) is 0 Å². The van der Waals surface area contributed by atoms with E-state index in [1.54, 1.807) is 18.0 Å². The molecule has 1 aliphatic carbocycles. The van der Waals surface area contributed by atoms with Crippen LogP contribution >= 0.6 is 0 Å². The van der Waals surface area contributed by atoms with Gasteiger partial charge in [-0.2, -0.15) is 0 Å². The average molecular weight is 498 g/mol. The van der Waals surface area contributed by atoms with Crippen molar-refractivity contribution in [3.8, 4) is 0 Å². The van der Waals surface area contributed by atoms with Crippen molar-refractivity contribution in [2.45, 2.75) is 103 Å². The molecular weight excluding hydrogens is 458 g/mol. The van der Waals surface area contributed by atoms with Crippen molar-refractivity contribution < 1.29 is 14.7 Å². The number of rotatable bonds is 5. The lowest BCUT2D eigenvalue weighted by atomic mass is 9.68. The summed E-state index contributed by atoms with van der Waals surface area (Å²) in [5, 5.41) is 17.1.